The van der Waals surface area contributed by atoms with Crippen molar-refractivity contribution in [2.45, 2.75) is 6.54 Å². The summed E-state index contributed by atoms with van der Waals surface area (Å²) in [7, 11) is 4.60. The van der Waals surface area contributed by atoms with Crippen LogP contribution >= 0.6 is 11.3 Å². The lowest BCUT2D eigenvalue weighted by molar-refractivity contribution is -0.114. The molecule has 0 aliphatic carbocycles. The maximum Gasteiger partial charge on any atom is 0.253 e. The standard InChI is InChI=1S/C26H23FN2O4S/c1-31-21-13-18(14-22(32-2)25(21)33-3)9-12-24(30)29(16-17-7-5-4-6-8-17)26-28-20-11-10-19(27)15-23(20)34-26/h4-15H,16H2,1-3H3/b12-9+. The van der Waals surface area contributed by atoms with E-state index in [4.69, 9.17) is 14.2 Å². The molecule has 1 aromatic heterocycles. The molecule has 174 valence electrons. The topological polar surface area (TPSA) is 60.9 Å². The maximum atomic E-state index is 13.7. The van der Waals surface area contributed by atoms with Crippen LogP contribution in [0, 0.1) is 5.82 Å². The minimum absolute atomic E-state index is 0.267. The molecule has 0 spiro atoms. The Morgan fingerprint density at radius 3 is 2.35 bits per heavy atom. The van der Waals surface area contributed by atoms with Crippen molar-refractivity contribution in [2.75, 3.05) is 26.2 Å². The Balaban J connectivity index is 1.68. The van der Waals surface area contributed by atoms with Gasteiger partial charge >= 0.3 is 0 Å². The quantitative estimate of drug-likeness (QED) is 0.304. The van der Waals surface area contributed by atoms with Crippen LogP contribution in [0.2, 0.25) is 0 Å². The summed E-state index contributed by atoms with van der Waals surface area (Å²) in [5.74, 6) is 0.843. The Hall–Kier alpha value is -3.91. The summed E-state index contributed by atoms with van der Waals surface area (Å²) in [6.07, 6.45) is 3.15. The van der Waals surface area contributed by atoms with Crippen molar-refractivity contribution in [2.24, 2.45) is 0 Å². The molecule has 0 radical (unpaired) electrons. The summed E-state index contributed by atoms with van der Waals surface area (Å²) in [5, 5.41) is 0.490. The first-order valence-electron chi connectivity index (χ1n) is 10.4. The molecule has 0 atom stereocenters. The van der Waals surface area contributed by atoms with E-state index in [0.29, 0.717) is 44.7 Å². The van der Waals surface area contributed by atoms with E-state index in [9.17, 15) is 9.18 Å². The largest absolute Gasteiger partial charge is 0.493 e. The van der Waals surface area contributed by atoms with Crippen molar-refractivity contribution in [1.82, 2.24) is 4.98 Å². The van der Waals surface area contributed by atoms with Crippen LogP contribution in [0.4, 0.5) is 9.52 Å². The molecule has 3 aromatic carbocycles. The molecule has 1 amide bonds. The van der Waals surface area contributed by atoms with Crippen molar-refractivity contribution in [3.63, 3.8) is 0 Å². The molecule has 0 saturated carbocycles. The van der Waals surface area contributed by atoms with Crippen molar-refractivity contribution in [3.05, 3.63) is 83.7 Å². The smallest absolute Gasteiger partial charge is 0.253 e. The number of hydrogen-bond donors (Lipinski definition) is 0. The van der Waals surface area contributed by atoms with E-state index in [0.717, 1.165) is 5.56 Å². The third-order valence-corrected chi connectivity index (χ3v) is 6.17. The predicted octanol–water partition coefficient (Wildman–Crippen LogP) is 5.71. The summed E-state index contributed by atoms with van der Waals surface area (Å²) >= 11 is 1.27. The van der Waals surface area contributed by atoms with Gasteiger partial charge in [-0.1, -0.05) is 41.7 Å². The molecule has 0 fully saturated rings. The van der Waals surface area contributed by atoms with Crippen molar-refractivity contribution < 1.29 is 23.4 Å². The van der Waals surface area contributed by atoms with Crippen LogP contribution < -0.4 is 19.1 Å². The van der Waals surface area contributed by atoms with Gasteiger partial charge in [0.1, 0.15) is 5.82 Å². The molecular formula is C26H23FN2O4S. The molecule has 0 saturated heterocycles. The molecule has 4 aromatic rings. The summed E-state index contributed by atoms with van der Waals surface area (Å²) in [6, 6.07) is 17.5. The molecular weight excluding hydrogens is 455 g/mol. The van der Waals surface area contributed by atoms with E-state index < -0.39 is 0 Å². The van der Waals surface area contributed by atoms with E-state index in [1.807, 2.05) is 30.3 Å². The van der Waals surface area contributed by atoms with Crippen LogP contribution in [0.3, 0.4) is 0 Å². The van der Waals surface area contributed by atoms with E-state index in [2.05, 4.69) is 4.98 Å². The van der Waals surface area contributed by atoms with Gasteiger partial charge in [0.25, 0.3) is 5.91 Å². The van der Waals surface area contributed by atoms with E-state index in [1.54, 1.807) is 29.2 Å². The molecule has 6 nitrogen and oxygen atoms in total. The van der Waals surface area contributed by atoms with Gasteiger partial charge in [0.15, 0.2) is 16.6 Å². The fraction of sp³-hybridized carbons (Fsp3) is 0.154. The first kappa shape index (κ1) is 23.3. The van der Waals surface area contributed by atoms with Crippen LogP contribution in [0.15, 0.2) is 66.7 Å². The third kappa shape index (κ3) is 5.02. The van der Waals surface area contributed by atoms with E-state index in [1.165, 1.54) is 50.9 Å². The Morgan fingerprint density at radius 2 is 1.71 bits per heavy atom. The van der Waals surface area contributed by atoms with Crippen molar-refractivity contribution in [3.8, 4) is 17.2 Å². The van der Waals surface area contributed by atoms with Gasteiger partial charge < -0.3 is 14.2 Å². The molecule has 1 heterocycles. The molecule has 0 N–H and O–H groups in total. The number of halogens is 1. The molecule has 8 heteroatoms. The lowest BCUT2D eigenvalue weighted by atomic mass is 10.1. The highest BCUT2D eigenvalue weighted by Gasteiger charge is 2.19. The SMILES string of the molecule is COc1cc(/C=C/C(=O)N(Cc2ccccc2)c2nc3ccc(F)cc3s2)cc(OC)c1OC. The van der Waals surface area contributed by atoms with Crippen LogP contribution in [0.5, 0.6) is 17.2 Å². The number of aromatic nitrogens is 1. The molecule has 0 bridgehead atoms. The number of rotatable bonds is 8. The normalized spacial score (nSPS) is 11.1. The summed E-state index contributed by atoms with van der Waals surface area (Å²) in [4.78, 5) is 19.5. The van der Waals surface area contributed by atoms with Crippen LogP contribution in [-0.2, 0) is 11.3 Å². The number of thiazole rings is 1. The summed E-state index contributed by atoms with van der Waals surface area (Å²) < 4.78 is 30.5. The number of anilines is 1. The average Bonchev–Trinajstić information content (AvgIpc) is 3.28. The lowest BCUT2D eigenvalue weighted by Crippen LogP contribution is -2.28. The van der Waals surface area contributed by atoms with Gasteiger partial charge in [0.2, 0.25) is 5.75 Å². The highest BCUT2D eigenvalue weighted by Crippen LogP contribution is 2.38. The van der Waals surface area contributed by atoms with E-state index >= 15 is 0 Å². The Kier molecular flexibility index (Phi) is 7.08. The van der Waals surface area contributed by atoms with Gasteiger partial charge in [-0.15, -0.1) is 0 Å². The Labute approximate surface area is 200 Å². The zero-order valence-electron chi connectivity index (χ0n) is 18.9. The minimum Gasteiger partial charge on any atom is -0.493 e. The van der Waals surface area contributed by atoms with Crippen LogP contribution in [-0.4, -0.2) is 32.2 Å². The first-order valence-corrected chi connectivity index (χ1v) is 11.2. The van der Waals surface area contributed by atoms with Crippen molar-refractivity contribution >= 4 is 38.7 Å². The predicted molar refractivity (Wildman–Crippen MR) is 132 cm³/mol. The Morgan fingerprint density at radius 1 is 1.00 bits per heavy atom. The number of ether oxygens (including phenoxy) is 3. The molecule has 34 heavy (non-hydrogen) atoms. The zero-order valence-corrected chi connectivity index (χ0v) is 19.8. The second kappa shape index (κ2) is 10.4. The number of methoxy groups -OCH3 is 3. The second-order valence-electron chi connectivity index (χ2n) is 7.31. The zero-order chi connectivity index (χ0) is 24.1. The fourth-order valence-electron chi connectivity index (χ4n) is 3.46. The Bertz CT molecular complexity index is 1310. The first-order chi connectivity index (χ1) is 16.5. The average molecular weight is 479 g/mol. The van der Waals surface area contributed by atoms with Gasteiger partial charge in [-0.2, -0.15) is 0 Å². The van der Waals surface area contributed by atoms with Crippen molar-refractivity contribution in [1.29, 1.82) is 0 Å². The van der Waals surface area contributed by atoms with Gasteiger partial charge in [0.05, 0.1) is 38.1 Å². The number of nitrogens with zero attached hydrogens (tertiary/aromatic N) is 2. The van der Waals surface area contributed by atoms with E-state index in [-0.39, 0.29) is 11.7 Å². The van der Waals surface area contributed by atoms with Gasteiger partial charge in [0, 0.05) is 6.08 Å². The third-order valence-electron chi connectivity index (χ3n) is 5.13. The summed E-state index contributed by atoms with van der Waals surface area (Å²) in [6.45, 7) is 0.321. The van der Waals surface area contributed by atoms with Crippen LogP contribution in [0.1, 0.15) is 11.1 Å². The van der Waals surface area contributed by atoms with Gasteiger partial charge in [-0.25, -0.2) is 9.37 Å². The number of amides is 1. The highest BCUT2D eigenvalue weighted by atomic mass is 32.1. The molecule has 0 unspecified atom stereocenters. The maximum absolute atomic E-state index is 13.7. The second-order valence-corrected chi connectivity index (χ2v) is 8.32. The summed E-state index contributed by atoms with van der Waals surface area (Å²) in [5.41, 5.74) is 2.29. The highest BCUT2D eigenvalue weighted by molar-refractivity contribution is 7.22. The minimum atomic E-state index is -0.342. The van der Waals surface area contributed by atoms with Gasteiger partial charge in [-0.3, -0.25) is 9.69 Å². The monoisotopic (exact) mass is 478 g/mol. The van der Waals surface area contributed by atoms with Crippen LogP contribution in [0.25, 0.3) is 16.3 Å². The number of hydrogen-bond acceptors (Lipinski definition) is 6. The molecule has 0 aliphatic heterocycles. The number of carbonyl (C=O) groups excluding carboxylic acids is 1. The number of benzene rings is 3. The molecule has 4 rings (SSSR count). The van der Waals surface area contributed by atoms with Gasteiger partial charge in [-0.05, 0) is 47.5 Å². The lowest BCUT2D eigenvalue weighted by Gasteiger charge is -2.18. The number of fused-ring (bicyclic) bond motifs is 1. The molecule has 0 aliphatic rings. The fourth-order valence-corrected chi connectivity index (χ4v) is 4.46. The number of carbonyl (C=O) groups is 1.